The highest BCUT2D eigenvalue weighted by Gasteiger charge is 2.25. The molecule has 1 aliphatic heterocycles. The second-order valence-electron chi connectivity index (χ2n) is 5.10. The predicted molar refractivity (Wildman–Crippen MR) is 74.5 cm³/mol. The molecule has 0 bridgehead atoms. The normalized spacial score (nSPS) is 18.9. The van der Waals surface area contributed by atoms with Crippen LogP contribution in [0.15, 0.2) is 18.2 Å². The van der Waals surface area contributed by atoms with Gasteiger partial charge in [0.1, 0.15) is 17.3 Å². The average molecular weight is 282 g/mol. The summed E-state index contributed by atoms with van der Waals surface area (Å²) < 4.78 is 26.9. The van der Waals surface area contributed by atoms with Crippen molar-refractivity contribution in [1.29, 1.82) is 0 Å². The first-order valence-electron chi connectivity index (χ1n) is 7.10. The van der Waals surface area contributed by atoms with Gasteiger partial charge >= 0.3 is 0 Å². The Bertz CT molecular complexity index is 459. The van der Waals surface area contributed by atoms with Crippen molar-refractivity contribution in [1.82, 2.24) is 4.90 Å². The van der Waals surface area contributed by atoms with Crippen LogP contribution in [0.4, 0.5) is 14.5 Å². The van der Waals surface area contributed by atoms with Gasteiger partial charge in [-0.15, -0.1) is 0 Å². The van der Waals surface area contributed by atoms with Gasteiger partial charge in [-0.3, -0.25) is 4.79 Å². The molecule has 1 saturated heterocycles. The van der Waals surface area contributed by atoms with E-state index in [1.165, 1.54) is 18.2 Å². The van der Waals surface area contributed by atoms with Crippen molar-refractivity contribution in [3.05, 3.63) is 29.8 Å². The number of anilines is 1. The van der Waals surface area contributed by atoms with Crippen molar-refractivity contribution >= 4 is 11.6 Å². The van der Waals surface area contributed by atoms with Crippen LogP contribution >= 0.6 is 0 Å². The first-order valence-corrected chi connectivity index (χ1v) is 7.10. The molecule has 3 nitrogen and oxygen atoms in total. The lowest BCUT2D eigenvalue weighted by molar-refractivity contribution is -0.133. The number of halogens is 2. The van der Waals surface area contributed by atoms with Gasteiger partial charge in [0.25, 0.3) is 0 Å². The minimum Gasteiger partial charge on any atom is -0.371 e. The van der Waals surface area contributed by atoms with Gasteiger partial charge in [0, 0.05) is 12.6 Å². The van der Waals surface area contributed by atoms with Crippen LogP contribution in [0.2, 0.25) is 0 Å². The third-order valence-corrected chi connectivity index (χ3v) is 3.80. The molecule has 2 rings (SSSR count). The summed E-state index contributed by atoms with van der Waals surface area (Å²) in [6.45, 7) is 2.72. The minimum atomic E-state index is -0.677. The molecule has 1 unspecified atom stereocenters. The zero-order chi connectivity index (χ0) is 14.5. The Morgan fingerprint density at radius 3 is 2.70 bits per heavy atom. The van der Waals surface area contributed by atoms with Crippen molar-refractivity contribution in [2.24, 2.45) is 0 Å². The van der Waals surface area contributed by atoms with E-state index in [9.17, 15) is 13.6 Å². The topological polar surface area (TPSA) is 32.3 Å². The third-order valence-electron chi connectivity index (χ3n) is 3.80. The molecule has 1 atom stereocenters. The summed E-state index contributed by atoms with van der Waals surface area (Å²) in [6.07, 6.45) is 4.06. The Morgan fingerprint density at radius 1 is 1.35 bits per heavy atom. The van der Waals surface area contributed by atoms with Gasteiger partial charge in [-0.05, 0) is 37.8 Å². The number of amides is 1. The zero-order valence-corrected chi connectivity index (χ0v) is 11.7. The third kappa shape index (κ3) is 3.26. The monoisotopic (exact) mass is 282 g/mol. The maximum absolute atomic E-state index is 13.5. The number of carbonyl (C=O) groups is 1. The molecule has 1 N–H and O–H groups in total. The largest absolute Gasteiger partial charge is 0.371 e. The Labute approximate surface area is 118 Å². The van der Waals surface area contributed by atoms with Crippen LogP contribution in [0.1, 0.15) is 32.6 Å². The zero-order valence-electron chi connectivity index (χ0n) is 11.7. The van der Waals surface area contributed by atoms with Crippen molar-refractivity contribution < 1.29 is 13.6 Å². The number of para-hydroxylation sites is 1. The Hall–Kier alpha value is -1.65. The molecule has 110 valence electrons. The number of benzene rings is 1. The van der Waals surface area contributed by atoms with Gasteiger partial charge < -0.3 is 10.2 Å². The van der Waals surface area contributed by atoms with Crippen molar-refractivity contribution in [3.8, 4) is 0 Å². The molecule has 1 heterocycles. The van der Waals surface area contributed by atoms with E-state index in [4.69, 9.17) is 0 Å². The van der Waals surface area contributed by atoms with Gasteiger partial charge in [0.05, 0.1) is 6.54 Å². The first-order chi connectivity index (χ1) is 9.63. The Kier molecular flexibility index (Phi) is 4.93. The number of hydrogen-bond acceptors (Lipinski definition) is 2. The number of carbonyl (C=O) groups excluding carboxylic acids is 1. The number of nitrogens with one attached hydrogen (secondary N) is 1. The maximum atomic E-state index is 13.5. The fourth-order valence-electron chi connectivity index (χ4n) is 2.69. The summed E-state index contributed by atoms with van der Waals surface area (Å²) in [4.78, 5) is 14.0. The number of hydrogen-bond donors (Lipinski definition) is 1. The second-order valence-corrected chi connectivity index (χ2v) is 5.10. The van der Waals surface area contributed by atoms with Crippen LogP contribution in [-0.4, -0.2) is 29.9 Å². The first kappa shape index (κ1) is 14.8. The van der Waals surface area contributed by atoms with Gasteiger partial charge in [-0.2, -0.15) is 0 Å². The van der Waals surface area contributed by atoms with Crippen molar-refractivity contribution in [2.45, 2.75) is 38.6 Å². The molecule has 0 saturated carbocycles. The molecule has 1 amide bonds. The summed E-state index contributed by atoms with van der Waals surface area (Å²) >= 11 is 0. The molecule has 1 aliphatic rings. The van der Waals surface area contributed by atoms with Crippen LogP contribution in [0.5, 0.6) is 0 Å². The molecule has 1 aromatic carbocycles. The van der Waals surface area contributed by atoms with Crippen LogP contribution in [0, 0.1) is 11.6 Å². The van der Waals surface area contributed by atoms with E-state index in [2.05, 4.69) is 12.2 Å². The molecular weight excluding hydrogens is 262 g/mol. The summed E-state index contributed by atoms with van der Waals surface area (Å²) in [5, 5.41) is 2.58. The van der Waals surface area contributed by atoms with E-state index in [0.29, 0.717) is 0 Å². The van der Waals surface area contributed by atoms with E-state index in [1.807, 2.05) is 4.90 Å². The van der Waals surface area contributed by atoms with Gasteiger partial charge in [0.2, 0.25) is 5.91 Å². The molecule has 5 heteroatoms. The summed E-state index contributed by atoms with van der Waals surface area (Å²) in [5.41, 5.74) is -0.231. The lowest BCUT2D eigenvalue weighted by atomic mass is 10.00. The van der Waals surface area contributed by atoms with Gasteiger partial charge in [0.15, 0.2) is 0 Å². The maximum Gasteiger partial charge on any atom is 0.242 e. The highest BCUT2D eigenvalue weighted by atomic mass is 19.1. The van der Waals surface area contributed by atoms with Crippen LogP contribution in [0.25, 0.3) is 0 Å². The van der Waals surface area contributed by atoms with Crippen LogP contribution < -0.4 is 5.32 Å². The summed E-state index contributed by atoms with van der Waals surface area (Å²) in [5.74, 6) is -1.45. The smallest absolute Gasteiger partial charge is 0.242 e. The molecular formula is C15H20F2N2O. The lowest BCUT2D eigenvalue weighted by Crippen LogP contribution is -2.45. The molecule has 0 spiro atoms. The Balaban J connectivity index is 1.98. The quantitative estimate of drug-likeness (QED) is 0.920. The van der Waals surface area contributed by atoms with E-state index >= 15 is 0 Å². The molecule has 1 aromatic rings. The van der Waals surface area contributed by atoms with Gasteiger partial charge in [-0.1, -0.05) is 13.0 Å². The standard InChI is InChI=1S/C15H20F2N2O/c1-2-11-6-3-4-9-19(11)14(20)10-18-15-12(16)7-5-8-13(15)17/h5,7-8,11,18H,2-4,6,9-10H2,1H3. The number of rotatable bonds is 4. The molecule has 0 radical (unpaired) electrons. The molecule has 0 aliphatic carbocycles. The fraction of sp³-hybridized carbons (Fsp3) is 0.533. The average Bonchev–Trinajstić information content (AvgIpc) is 2.46. The molecule has 0 aromatic heterocycles. The molecule has 20 heavy (non-hydrogen) atoms. The number of nitrogens with zero attached hydrogens (tertiary/aromatic N) is 1. The van der Waals surface area contributed by atoms with E-state index in [-0.39, 0.29) is 24.2 Å². The fourth-order valence-corrected chi connectivity index (χ4v) is 2.69. The van der Waals surface area contributed by atoms with Crippen molar-refractivity contribution in [3.63, 3.8) is 0 Å². The minimum absolute atomic E-state index is 0.0750. The van der Waals surface area contributed by atoms with E-state index in [0.717, 1.165) is 32.2 Å². The van der Waals surface area contributed by atoms with Crippen molar-refractivity contribution in [2.75, 3.05) is 18.4 Å². The number of piperidine rings is 1. The van der Waals surface area contributed by atoms with E-state index < -0.39 is 11.6 Å². The summed E-state index contributed by atoms with van der Waals surface area (Å²) in [6, 6.07) is 3.90. The second kappa shape index (κ2) is 6.68. The van der Waals surface area contributed by atoms with E-state index in [1.54, 1.807) is 0 Å². The number of likely N-dealkylation sites (tertiary alicyclic amines) is 1. The predicted octanol–water partition coefficient (Wildman–Crippen LogP) is 3.17. The highest BCUT2D eigenvalue weighted by molar-refractivity contribution is 5.81. The van der Waals surface area contributed by atoms with Crippen LogP contribution in [0.3, 0.4) is 0 Å². The lowest BCUT2D eigenvalue weighted by Gasteiger charge is -2.35. The van der Waals surface area contributed by atoms with Gasteiger partial charge in [-0.25, -0.2) is 8.78 Å². The molecule has 1 fully saturated rings. The Morgan fingerprint density at radius 2 is 2.05 bits per heavy atom. The summed E-state index contributed by atoms with van der Waals surface area (Å²) in [7, 11) is 0. The highest BCUT2D eigenvalue weighted by Crippen LogP contribution is 2.21. The SMILES string of the molecule is CCC1CCCCN1C(=O)CNc1c(F)cccc1F. The van der Waals surface area contributed by atoms with Crippen LogP contribution in [-0.2, 0) is 4.79 Å².